The van der Waals surface area contributed by atoms with Crippen molar-refractivity contribution >= 4 is 55.7 Å². The van der Waals surface area contributed by atoms with Gasteiger partial charge in [0.15, 0.2) is 0 Å². The second-order valence-electron chi connectivity index (χ2n) is 14.3. The van der Waals surface area contributed by atoms with E-state index in [9.17, 15) is 0 Å². The number of rotatable bonds is 3. The topological polar surface area (TPSA) is 30.7 Å². The van der Waals surface area contributed by atoms with E-state index in [2.05, 4.69) is 143 Å². The molecule has 3 nitrogen and oxygen atoms in total. The van der Waals surface area contributed by atoms with Gasteiger partial charge in [0.2, 0.25) is 6.71 Å². The number of para-hydroxylation sites is 2. The number of hydrogen-bond donors (Lipinski definition) is 0. The fourth-order valence-corrected chi connectivity index (χ4v) is 8.83. The summed E-state index contributed by atoms with van der Waals surface area (Å²) < 4.78 is 47.0. The van der Waals surface area contributed by atoms with Crippen molar-refractivity contribution in [1.82, 2.24) is 14.5 Å². The molecule has 57 heavy (non-hydrogen) atoms. The third kappa shape index (κ3) is 5.61. The minimum absolute atomic E-state index is 0. The first-order valence-electron chi connectivity index (χ1n) is 21.7. The van der Waals surface area contributed by atoms with Crippen LogP contribution < -0.4 is 16.4 Å². The zero-order valence-electron chi connectivity index (χ0n) is 36.4. The van der Waals surface area contributed by atoms with Crippen molar-refractivity contribution in [3.63, 3.8) is 0 Å². The Bertz CT molecular complexity index is 3280. The van der Waals surface area contributed by atoms with Crippen LogP contribution in [0.3, 0.4) is 0 Å². The third-order valence-electron chi connectivity index (χ3n) is 11.2. The molecule has 8 aromatic carbocycles. The number of aromatic nitrogens is 3. The Morgan fingerprint density at radius 1 is 0.579 bits per heavy atom. The van der Waals surface area contributed by atoms with Gasteiger partial charge in [0.1, 0.15) is 0 Å². The van der Waals surface area contributed by atoms with Gasteiger partial charge in [0, 0.05) is 40.2 Å². The molecule has 0 unspecified atom stereocenters. The van der Waals surface area contributed by atoms with Crippen LogP contribution in [0.4, 0.5) is 0 Å². The number of imidazole rings is 1. The summed E-state index contributed by atoms with van der Waals surface area (Å²) in [7, 11) is 0. The maximum Gasteiger partial charge on any atom is 0.244 e. The van der Waals surface area contributed by atoms with Crippen molar-refractivity contribution in [2.24, 2.45) is 0 Å². The molecule has 2 aromatic heterocycles. The van der Waals surface area contributed by atoms with Crippen molar-refractivity contribution in [3.8, 4) is 50.6 Å². The number of pyridine rings is 1. The molecule has 0 atom stereocenters. The Balaban J connectivity index is 0.000000191. The van der Waals surface area contributed by atoms with Crippen molar-refractivity contribution in [1.29, 1.82) is 0 Å². The van der Waals surface area contributed by atoms with Crippen LogP contribution in [0.1, 0.15) is 19.4 Å². The van der Waals surface area contributed by atoms with Crippen molar-refractivity contribution in [3.05, 3.63) is 193 Å². The van der Waals surface area contributed by atoms with E-state index in [0.717, 1.165) is 34.3 Å². The van der Waals surface area contributed by atoms with Gasteiger partial charge in [0.05, 0.1) is 16.9 Å². The predicted molar refractivity (Wildman–Crippen MR) is 234 cm³/mol. The molecule has 0 saturated carbocycles. The molecular weight excluding hydrogens is 870 g/mol. The van der Waals surface area contributed by atoms with Crippen LogP contribution in [0.25, 0.3) is 83.2 Å². The summed E-state index contributed by atoms with van der Waals surface area (Å²) in [6.07, 6.45) is 1.12. The van der Waals surface area contributed by atoms with E-state index in [4.69, 9.17) is 13.2 Å². The van der Waals surface area contributed by atoms with Crippen LogP contribution in [0.5, 0.6) is 0 Å². The molecule has 0 saturated heterocycles. The van der Waals surface area contributed by atoms with Crippen LogP contribution in [-0.2, 0) is 20.1 Å². The first-order valence-corrected chi connectivity index (χ1v) is 18.7. The van der Waals surface area contributed by atoms with Crippen molar-refractivity contribution in [2.45, 2.75) is 13.7 Å². The first kappa shape index (κ1) is 28.9. The van der Waals surface area contributed by atoms with Gasteiger partial charge < -0.3 is 9.55 Å². The average Bonchev–Trinajstić information content (AvgIpc) is 3.69. The maximum atomic E-state index is 7.50. The molecule has 2 aliphatic heterocycles. The third-order valence-corrected chi connectivity index (χ3v) is 11.2. The quantitative estimate of drug-likeness (QED) is 0.131. The molecule has 2 aliphatic rings. The Hall–Kier alpha value is -6.39. The van der Waals surface area contributed by atoms with E-state index in [1.54, 1.807) is 24.3 Å². The number of benzene rings is 8. The standard InChI is InChI=1S/C39H22BN2.C13H12N.Ir/c1-2-10-26(11-3-1)39-41-34-20-4-5-21-35(34)42(39)27-22-30-28-16-6-12-24-14-8-18-32(36(24)28)40-33-19-9-15-25-13-7-17-29(37(25)33)31(23-27)38(30)40;1-10-8-13(14-9-11(10)2)12-6-4-3-5-7-12;/h1-10,12-23H;3-6,8-9H,1-2H3;/q2*-1;/i;1D3,2D3;. The monoisotopic (exact) mass is 910 g/mol. The molecule has 271 valence electrons. The number of fused-ring (bicyclic) bond motifs is 5. The zero-order chi connectivity index (χ0) is 42.3. The van der Waals surface area contributed by atoms with Crippen LogP contribution >= 0.6 is 0 Å². The Labute approximate surface area is 354 Å². The van der Waals surface area contributed by atoms with Gasteiger partial charge in [-0.2, -0.15) is 0 Å². The molecule has 0 bridgehead atoms. The fourth-order valence-electron chi connectivity index (χ4n) is 8.83. The SMILES string of the molecule is [2H]C([2H])([2H])c1cnc(-c2[c-]cccc2)cc1C([2H])([2H])[2H].[Ir].[c-]1ccccc1-c1nc2ccccc2n1-c1cc2c3c(c1)-c1cccc4cccc(c14)B3c1cccc3cccc-2c13. The summed E-state index contributed by atoms with van der Waals surface area (Å²) in [5.41, 5.74) is 14.2. The van der Waals surface area contributed by atoms with E-state index < -0.39 is 13.7 Å². The number of hydrogen-bond acceptors (Lipinski definition) is 2. The summed E-state index contributed by atoms with van der Waals surface area (Å²) in [6, 6.07) is 63.2. The van der Waals surface area contributed by atoms with Gasteiger partial charge in [-0.1, -0.05) is 113 Å². The molecule has 0 aliphatic carbocycles. The van der Waals surface area contributed by atoms with Gasteiger partial charge in [0.25, 0.3) is 0 Å². The minimum Gasteiger partial charge on any atom is -0.333 e. The van der Waals surface area contributed by atoms with Gasteiger partial charge in [-0.15, -0.1) is 71.8 Å². The second kappa shape index (κ2) is 14.0. The van der Waals surface area contributed by atoms with Crippen LogP contribution in [0, 0.1) is 25.8 Å². The first-order chi connectivity index (χ1) is 30.0. The zero-order valence-corrected chi connectivity index (χ0v) is 32.8. The van der Waals surface area contributed by atoms with Gasteiger partial charge in [-0.25, -0.2) is 0 Å². The van der Waals surface area contributed by atoms with Gasteiger partial charge >= 0.3 is 0 Å². The number of nitrogens with zero attached hydrogens (tertiary/aromatic N) is 3. The van der Waals surface area contributed by atoms with Crippen molar-refractivity contribution < 1.29 is 28.3 Å². The van der Waals surface area contributed by atoms with Crippen LogP contribution in [0.2, 0.25) is 0 Å². The van der Waals surface area contributed by atoms with Gasteiger partial charge in [-0.05, 0) is 93.0 Å². The molecule has 10 aromatic rings. The van der Waals surface area contributed by atoms with Crippen LogP contribution in [-0.4, -0.2) is 21.2 Å². The van der Waals surface area contributed by atoms with E-state index in [0.29, 0.717) is 11.3 Å². The van der Waals surface area contributed by atoms with Crippen molar-refractivity contribution in [2.75, 3.05) is 0 Å². The van der Waals surface area contributed by atoms with Gasteiger partial charge in [-0.3, -0.25) is 4.98 Å². The van der Waals surface area contributed by atoms with E-state index >= 15 is 0 Å². The Morgan fingerprint density at radius 3 is 1.79 bits per heavy atom. The van der Waals surface area contributed by atoms with E-state index in [-0.39, 0.29) is 37.9 Å². The molecule has 0 N–H and O–H groups in total. The summed E-state index contributed by atoms with van der Waals surface area (Å²) in [5.74, 6) is 0.907. The van der Waals surface area contributed by atoms with E-state index in [1.165, 1.54) is 66.3 Å². The second-order valence-corrected chi connectivity index (χ2v) is 14.3. The summed E-state index contributed by atoms with van der Waals surface area (Å²) in [5, 5.41) is 5.32. The molecule has 12 rings (SSSR count). The molecule has 5 heteroatoms. The summed E-state index contributed by atoms with van der Waals surface area (Å²) in [6.45, 7) is -4.83. The molecule has 0 amide bonds. The average molecular weight is 910 g/mol. The summed E-state index contributed by atoms with van der Waals surface area (Å²) >= 11 is 0. The van der Waals surface area contributed by atoms with Crippen LogP contribution in [0.15, 0.2) is 170 Å². The predicted octanol–water partition coefficient (Wildman–Crippen LogP) is 10.4. The molecular formula is C52H34BIrN3-2. The van der Waals surface area contributed by atoms with E-state index in [1.807, 2.05) is 12.1 Å². The fraction of sp³-hybridized carbons (Fsp3) is 0.0385. The minimum atomic E-state index is -2.50. The Morgan fingerprint density at radius 2 is 1.18 bits per heavy atom. The molecule has 1 radical (unpaired) electrons. The largest absolute Gasteiger partial charge is 0.333 e. The molecule has 0 fully saturated rings. The normalized spacial score (nSPS) is 13.9. The summed E-state index contributed by atoms with van der Waals surface area (Å²) in [4.78, 5) is 9.19. The Kier molecular flexibility index (Phi) is 7.09. The smallest absolute Gasteiger partial charge is 0.244 e. The number of aryl methyl sites for hydroxylation is 2. The molecule has 4 heterocycles. The maximum absolute atomic E-state index is 7.50. The molecule has 0 spiro atoms.